The summed E-state index contributed by atoms with van der Waals surface area (Å²) < 4.78 is 0. The fourth-order valence-corrected chi connectivity index (χ4v) is 1.40. The minimum atomic E-state index is -0.606. The molecule has 0 spiro atoms. The summed E-state index contributed by atoms with van der Waals surface area (Å²) >= 11 is 0. The number of aromatic nitrogens is 3. The molecule has 0 fully saturated rings. The monoisotopic (exact) mass is 253 g/mol. The van der Waals surface area contributed by atoms with E-state index in [4.69, 9.17) is 0 Å². The Balaban J connectivity index is 2.56. The van der Waals surface area contributed by atoms with Gasteiger partial charge in [0.05, 0.1) is 0 Å². The quantitative estimate of drug-likeness (QED) is 0.665. The van der Waals surface area contributed by atoms with Gasteiger partial charge in [0.2, 0.25) is 11.7 Å². The van der Waals surface area contributed by atoms with Crippen LogP contribution in [-0.4, -0.2) is 39.6 Å². The van der Waals surface area contributed by atoms with Gasteiger partial charge >= 0.3 is 0 Å². The topological polar surface area (TPSA) is 99.8 Å². The van der Waals surface area contributed by atoms with Gasteiger partial charge in [0.15, 0.2) is 0 Å². The third kappa shape index (κ3) is 3.83. The first-order valence-corrected chi connectivity index (χ1v) is 6.08. The molecular formula is C11H19N5O2. The molecule has 7 nitrogen and oxygen atoms in total. The van der Waals surface area contributed by atoms with Crippen molar-refractivity contribution < 1.29 is 9.59 Å². The van der Waals surface area contributed by atoms with Crippen LogP contribution in [0, 0.1) is 0 Å². The Labute approximate surface area is 106 Å². The van der Waals surface area contributed by atoms with Gasteiger partial charge in [-0.2, -0.15) is 0 Å². The van der Waals surface area contributed by atoms with E-state index in [9.17, 15) is 9.59 Å². The first-order chi connectivity index (χ1) is 8.58. The van der Waals surface area contributed by atoms with Crippen LogP contribution in [0.5, 0.6) is 0 Å². The number of amides is 2. The van der Waals surface area contributed by atoms with Crippen molar-refractivity contribution in [2.75, 3.05) is 6.54 Å². The van der Waals surface area contributed by atoms with E-state index in [1.54, 1.807) is 6.92 Å². The number of rotatable bonds is 6. The van der Waals surface area contributed by atoms with Crippen LogP contribution in [0.2, 0.25) is 0 Å². The molecule has 7 heteroatoms. The SMILES string of the molecule is CCCc1nc(C(=O)NC(C)C(=O)NCC)n[nH]1. The summed E-state index contributed by atoms with van der Waals surface area (Å²) in [5.41, 5.74) is 0. The Morgan fingerprint density at radius 2 is 2.11 bits per heavy atom. The van der Waals surface area contributed by atoms with Gasteiger partial charge in [-0.3, -0.25) is 14.7 Å². The van der Waals surface area contributed by atoms with Crippen LogP contribution >= 0.6 is 0 Å². The molecule has 0 saturated carbocycles. The smallest absolute Gasteiger partial charge is 0.291 e. The van der Waals surface area contributed by atoms with Crippen molar-refractivity contribution in [2.45, 2.75) is 39.7 Å². The van der Waals surface area contributed by atoms with Gasteiger partial charge in [0.1, 0.15) is 11.9 Å². The minimum absolute atomic E-state index is 0.0644. The molecule has 0 aliphatic heterocycles. The Bertz CT molecular complexity index is 415. The molecule has 0 aromatic carbocycles. The number of hydrogen-bond donors (Lipinski definition) is 3. The summed E-state index contributed by atoms with van der Waals surface area (Å²) in [7, 11) is 0. The zero-order valence-electron chi connectivity index (χ0n) is 10.9. The molecule has 1 aromatic rings. The zero-order chi connectivity index (χ0) is 13.5. The average molecular weight is 253 g/mol. The van der Waals surface area contributed by atoms with E-state index in [0.717, 1.165) is 12.8 Å². The lowest BCUT2D eigenvalue weighted by Crippen LogP contribution is -2.45. The Kier molecular flexibility index (Phi) is 5.29. The summed E-state index contributed by atoms with van der Waals surface area (Å²) in [6.45, 7) is 5.97. The second kappa shape index (κ2) is 6.73. The number of nitrogens with zero attached hydrogens (tertiary/aromatic N) is 2. The number of aryl methyl sites for hydroxylation is 1. The largest absolute Gasteiger partial charge is 0.355 e. The predicted octanol–water partition coefficient (Wildman–Crippen LogP) is 0.0116. The maximum absolute atomic E-state index is 11.7. The maximum Gasteiger partial charge on any atom is 0.291 e. The average Bonchev–Trinajstić information content (AvgIpc) is 2.78. The van der Waals surface area contributed by atoms with E-state index in [2.05, 4.69) is 25.8 Å². The molecule has 0 radical (unpaired) electrons. The summed E-state index contributed by atoms with van der Waals surface area (Å²) in [6.07, 6.45) is 1.66. The van der Waals surface area contributed by atoms with Gasteiger partial charge in [-0.15, -0.1) is 5.10 Å². The van der Waals surface area contributed by atoms with Crippen LogP contribution in [-0.2, 0) is 11.2 Å². The van der Waals surface area contributed by atoms with Crippen LogP contribution in [0.4, 0.5) is 0 Å². The first kappa shape index (κ1) is 14.1. The van der Waals surface area contributed by atoms with E-state index in [1.165, 1.54) is 0 Å². The molecule has 0 bridgehead atoms. The normalized spacial score (nSPS) is 11.9. The number of H-pyrrole nitrogens is 1. The highest BCUT2D eigenvalue weighted by atomic mass is 16.2. The van der Waals surface area contributed by atoms with E-state index < -0.39 is 11.9 Å². The highest BCUT2D eigenvalue weighted by molar-refractivity contribution is 5.94. The van der Waals surface area contributed by atoms with Crippen molar-refractivity contribution in [3.63, 3.8) is 0 Å². The third-order valence-corrected chi connectivity index (χ3v) is 2.31. The van der Waals surface area contributed by atoms with Crippen LogP contribution in [0.3, 0.4) is 0 Å². The molecule has 0 saturated heterocycles. The first-order valence-electron chi connectivity index (χ1n) is 6.08. The van der Waals surface area contributed by atoms with E-state index >= 15 is 0 Å². The molecule has 1 heterocycles. The molecule has 3 N–H and O–H groups in total. The maximum atomic E-state index is 11.7. The molecule has 1 rings (SSSR count). The third-order valence-electron chi connectivity index (χ3n) is 2.31. The molecule has 0 aliphatic rings. The molecule has 1 unspecified atom stereocenters. The summed E-state index contributed by atoms with van der Waals surface area (Å²) in [5.74, 6) is 0.0606. The number of nitrogens with one attached hydrogen (secondary N) is 3. The highest BCUT2D eigenvalue weighted by Gasteiger charge is 2.18. The van der Waals surface area contributed by atoms with Gasteiger partial charge in [-0.05, 0) is 20.3 Å². The lowest BCUT2D eigenvalue weighted by Gasteiger charge is -2.11. The van der Waals surface area contributed by atoms with Crippen LogP contribution in [0.25, 0.3) is 0 Å². The summed E-state index contributed by atoms with van der Waals surface area (Å²) in [6, 6.07) is -0.606. The molecular weight excluding hydrogens is 234 g/mol. The van der Waals surface area contributed by atoms with Crippen molar-refractivity contribution >= 4 is 11.8 Å². The predicted molar refractivity (Wildman–Crippen MR) is 66.0 cm³/mol. The minimum Gasteiger partial charge on any atom is -0.355 e. The Morgan fingerprint density at radius 1 is 1.39 bits per heavy atom. The van der Waals surface area contributed by atoms with Crippen molar-refractivity contribution in [3.8, 4) is 0 Å². The second-order valence-corrected chi connectivity index (χ2v) is 3.95. The molecule has 1 atom stereocenters. The van der Waals surface area contributed by atoms with Crippen molar-refractivity contribution in [1.82, 2.24) is 25.8 Å². The number of carbonyl (C=O) groups is 2. The summed E-state index contributed by atoms with van der Waals surface area (Å²) in [5, 5.41) is 11.7. The number of hydrogen-bond acceptors (Lipinski definition) is 4. The van der Waals surface area contributed by atoms with E-state index in [1.807, 2.05) is 13.8 Å². The lowest BCUT2D eigenvalue weighted by atomic mass is 10.3. The zero-order valence-corrected chi connectivity index (χ0v) is 10.9. The van der Waals surface area contributed by atoms with Gasteiger partial charge in [-0.1, -0.05) is 6.92 Å². The highest BCUT2D eigenvalue weighted by Crippen LogP contribution is 1.97. The number of likely N-dealkylation sites (N-methyl/N-ethyl adjacent to an activating group) is 1. The molecule has 0 aliphatic carbocycles. The Morgan fingerprint density at radius 3 is 2.72 bits per heavy atom. The molecule has 2 amide bonds. The Hall–Kier alpha value is -1.92. The van der Waals surface area contributed by atoms with E-state index in [-0.39, 0.29) is 11.7 Å². The van der Waals surface area contributed by atoms with Crippen molar-refractivity contribution in [3.05, 3.63) is 11.6 Å². The van der Waals surface area contributed by atoms with Crippen LogP contribution in [0.1, 0.15) is 43.6 Å². The van der Waals surface area contributed by atoms with Gasteiger partial charge in [-0.25, -0.2) is 4.98 Å². The standard InChI is InChI=1S/C11H19N5O2/c1-4-6-8-14-9(16-15-8)11(18)13-7(3)10(17)12-5-2/h7H,4-6H2,1-3H3,(H,12,17)(H,13,18)(H,14,15,16). The molecule has 100 valence electrons. The van der Waals surface area contributed by atoms with E-state index in [0.29, 0.717) is 12.4 Å². The van der Waals surface area contributed by atoms with Gasteiger partial charge in [0, 0.05) is 13.0 Å². The summed E-state index contributed by atoms with van der Waals surface area (Å²) in [4.78, 5) is 27.2. The molecule has 18 heavy (non-hydrogen) atoms. The molecule has 1 aromatic heterocycles. The van der Waals surface area contributed by atoms with Gasteiger partial charge in [0.25, 0.3) is 5.91 Å². The van der Waals surface area contributed by atoms with Gasteiger partial charge < -0.3 is 10.6 Å². The number of aromatic amines is 1. The number of carbonyl (C=O) groups excluding carboxylic acids is 2. The van der Waals surface area contributed by atoms with Crippen LogP contribution in [0.15, 0.2) is 0 Å². The fraction of sp³-hybridized carbons (Fsp3) is 0.636. The lowest BCUT2D eigenvalue weighted by molar-refractivity contribution is -0.122. The van der Waals surface area contributed by atoms with Crippen LogP contribution < -0.4 is 10.6 Å². The van der Waals surface area contributed by atoms with Crippen molar-refractivity contribution in [1.29, 1.82) is 0 Å². The second-order valence-electron chi connectivity index (χ2n) is 3.95. The fourth-order valence-electron chi connectivity index (χ4n) is 1.40. The van der Waals surface area contributed by atoms with Crippen molar-refractivity contribution in [2.24, 2.45) is 0 Å².